The van der Waals surface area contributed by atoms with Gasteiger partial charge in [0, 0.05) is 13.1 Å². The van der Waals surface area contributed by atoms with E-state index in [1.165, 1.54) is 6.07 Å². The molecule has 1 amide bonds. The van der Waals surface area contributed by atoms with Gasteiger partial charge >= 0.3 is 6.18 Å². The molecular weight excluding hydrogens is 423 g/mol. The van der Waals surface area contributed by atoms with E-state index in [9.17, 15) is 18.0 Å². The van der Waals surface area contributed by atoms with Crippen LogP contribution in [-0.4, -0.2) is 45.2 Å². The average Bonchev–Trinajstić information content (AvgIpc) is 2.67. The molecule has 2 N–H and O–H groups in total. The van der Waals surface area contributed by atoms with Crippen LogP contribution < -0.4 is 15.5 Å². The molecule has 1 aliphatic carbocycles. The minimum atomic E-state index is -4.48. The first-order chi connectivity index (χ1) is 15.0. The molecule has 0 spiro atoms. The minimum Gasteiger partial charge on any atom is -0.351 e. The second kappa shape index (κ2) is 8.18. The Balaban J connectivity index is 1.37. The van der Waals surface area contributed by atoms with Gasteiger partial charge in [-0.1, -0.05) is 13.8 Å². The van der Waals surface area contributed by atoms with Crippen LogP contribution in [0.4, 0.5) is 30.6 Å². The highest BCUT2D eigenvalue weighted by Crippen LogP contribution is 2.36. The van der Waals surface area contributed by atoms with Crippen LogP contribution in [0.25, 0.3) is 0 Å². The molecular formula is C21H26F3N7O. The third-order valence-corrected chi connectivity index (χ3v) is 6.05. The average molecular weight is 449 g/mol. The molecule has 172 valence electrons. The molecule has 32 heavy (non-hydrogen) atoms. The molecule has 1 fully saturated rings. The summed E-state index contributed by atoms with van der Waals surface area (Å²) in [4.78, 5) is 23.5. The maximum Gasteiger partial charge on any atom is 0.435 e. The molecule has 0 radical (unpaired) electrons. The molecule has 3 heterocycles. The quantitative estimate of drug-likeness (QED) is 0.722. The fraction of sp³-hybridized carbons (Fsp3) is 0.571. The van der Waals surface area contributed by atoms with Crippen LogP contribution in [0.3, 0.4) is 0 Å². The number of alkyl halides is 3. The summed E-state index contributed by atoms with van der Waals surface area (Å²) in [6, 6.07) is 2.23. The van der Waals surface area contributed by atoms with E-state index < -0.39 is 11.9 Å². The molecule has 0 aromatic carbocycles. The predicted molar refractivity (Wildman–Crippen MR) is 113 cm³/mol. The Bertz CT molecular complexity index is 1000. The molecule has 1 saturated carbocycles. The molecule has 0 bridgehead atoms. The van der Waals surface area contributed by atoms with Gasteiger partial charge in [0.2, 0.25) is 11.9 Å². The van der Waals surface area contributed by atoms with Crippen molar-refractivity contribution in [1.29, 1.82) is 0 Å². The highest BCUT2D eigenvalue weighted by atomic mass is 19.4. The van der Waals surface area contributed by atoms with Crippen molar-refractivity contribution in [3.63, 3.8) is 0 Å². The summed E-state index contributed by atoms with van der Waals surface area (Å²) in [5.74, 6) is 1.57. The topological polar surface area (TPSA) is 95.9 Å². The lowest BCUT2D eigenvalue weighted by molar-refractivity contribution is -0.141. The predicted octanol–water partition coefficient (Wildman–Crippen LogP) is 3.44. The Morgan fingerprint density at radius 1 is 1.22 bits per heavy atom. The van der Waals surface area contributed by atoms with Crippen LogP contribution >= 0.6 is 0 Å². The molecule has 0 unspecified atom stereocenters. The number of hydrogen-bond donors (Lipinski definition) is 2. The van der Waals surface area contributed by atoms with Gasteiger partial charge in [-0.2, -0.15) is 23.3 Å². The highest BCUT2D eigenvalue weighted by Gasteiger charge is 2.36. The molecule has 0 saturated heterocycles. The fourth-order valence-corrected chi connectivity index (χ4v) is 4.40. The Morgan fingerprint density at radius 2 is 1.94 bits per heavy atom. The monoisotopic (exact) mass is 449 g/mol. The molecule has 2 aliphatic rings. The van der Waals surface area contributed by atoms with E-state index in [0.29, 0.717) is 41.2 Å². The first-order valence-electron chi connectivity index (χ1n) is 10.6. The number of aromatic nitrogens is 4. The summed E-state index contributed by atoms with van der Waals surface area (Å²) in [5, 5.41) is 13.3. The number of hydrogen-bond acceptors (Lipinski definition) is 7. The van der Waals surface area contributed by atoms with Crippen molar-refractivity contribution in [1.82, 2.24) is 20.2 Å². The maximum absolute atomic E-state index is 12.6. The Kier molecular flexibility index (Phi) is 5.68. The molecule has 8 nitrogen and oxygen atoms in total. The number of carbonyl (C=O) groups is 1. The molecule has 11 heteroatoms. The van der Waals surface area contributed by atoms with Gasteiger partial charge in [0.25, 0.3) is 0 Å². The van der Waals surface area contributed by atoms with E-state index in [1.807, 2.05) is 32.7 Å². The van der Waals surface area contributed by atoms with Crippen molar-refractivity contribution >= 4 is 23.4 Å². The van der Waals surface area contributed by atoms with Gasteiger partial charge in [-0.05, 0) is 50.2 Å². The number of nitrogens with one attached hydrogen (secondary N) is 2. The molecule has 1 aliphatic heterocycles. The van der Waals surface area contributed by atoms with Crippen LogP contribution in [0.15, 0.2) is 12.1 Å². The third kappa shape index (κ3) is 4.33. The number of halogens is 3. The molecule has 2 aromatic heterocycles. The number of fused-ring (bicyclic) bond motifs is 1. The zero-order chi connectivity index (χ0) is 23.2. The standard InChI is InChI=1S/C21H26F3N7O/c1-10(2)17-19(32)27-16-11(3)25-20(28-18(16)31(17)4)26-14-8-12(9-14)7-13-5-6-15(30-29-13)21(22,23)24/h5-6,10,12,14,17H,7-9H2,1-4H3,(H,27,32)(H,25,26,28)/t12?,14?,17-/m0/s1. The number of rotatable bonds is 5. The van der Waals surface area contributed by atoms with Crippen molar-refractivity contribution in [2.24, 2.45) is 11.8 Å². The summed E-state index contributed by atoms with van der Waals surface area (Å²) in [7, 11) is 1.86. The van der Waals surface area contributed by atoms with Gasteiger partial charge in [-0.15, -0.1) is 5.10 Å². The van der Waals surface area contributed by atoms with Crippen molar-refractivity contribution in [2.45, 2.75) is 58.3 Å². The van der Waals surface area contributed by atoms with Gasteiger partial charge in [-0.3, -0.25) is 4.79 Å². The van der Waals surface area contributed by atoms with Gasteiger partial charge in [0.05, 0.1) is 11.4 Å². The van der Waals surface area contributed by atoms with Crippen LogP contribution in [0.1, 0.15) is 43.8 Å². The van der Waals surface area contributed by atoms with Crippen LogP contribution in [0.5, 0.6) is 0 Å². The zero-order valence-electron chi connectivity index (χ0n) is 18.4. The largest absolute Gasteiger partial charge is 0.435 e. The highest BCUT2D eigenvalue weighted by molar-refractivity contribution is 6.03. The summed E-state index contributed by atoms with van der Waals surface area (Å²) >= 11 is 0. The number of likely N-dealkylation sites (N-methyl/N-ethyl adjacent to an activating group) is 1. The van der Waals surface area contributed by atoms with E-state index >= 15 is 0 Å². The van der Waals surface area contributed by atoms with Gasteiger partial charge < -0.3 is 15.5 Å². The summed E-state index contributed by atoms with van der Waals surface area (Å²) < 4.78 is 37.8. The first-order valence-corrected chi connectivity index (χ1v) is 10.6. The van der Waals surface area contributed by atoms with Gasteiger partial charge in [0.1, 0.15) is 11.7 Å². The number of carbonyl (C=O) groups excluding carboxylic acids is 1. The lowest BCUT2D eigenvalue weighted by Crippen LogP contribution is -2.50. The summed E-state index contributed by atoms with van der Waals surface area (Å²) in [5.41, 5.74) is 0.901. The summed E-state index contributed by atoms with van der Waals surface area (Å²) in [6.07, 6.45) is -2.22. The number of anilines is 3. The van der Waals surface area contributed by atoms with Gasteiger partial charge in [-0.25, -0.2) is 4.98 Å². The fourth-order valence-electron chi connectivity index (χ4n) is 4.40. The Hall–Kier alpha value is -2.98. The van der Waals surface area contributed by atoms with Crippen molar-refractivity contribution in [2.75, 3.05) is 22.6 Å². The zero-order valence-corrected chi connectivity index (χ0v) is 18.4. The summed E-state index contributed by atoms with van der Waals surface area (Å²) in [6.45, 7) is 5.82. The van der Waals surface area contributed by atoms with E-state index in [2.05, 4.69) is 30.8 Å². The minimum absolute atomic E-state index is 0.0596. The Labute approximate surface area is 184 Å². The Morgan fingerprint density at radius 3 is 2.53 bits per heavy atom. The molecule has 1 atom stereocenters. The maximum atomic E-state index is 12.6. The lowest BCUT2D eigenvalue weighted by atomic mass is 9.77. The van der Waals surface area contributed by atoms with Crippen LogP contribution in [0.2, 0.25) is 0 Å². The third-order valence-electron chi connectivity index (χ3n) is 6.05. The smallest absolute Gasteiger partial charge is 0.351 e. The number of aryl methyl sites for hydroxylation is 1. The first kappa shape index (κ1) is 22.2. The van der Waals surface area contributed by atoms with E-state index in [0.717, 1.165) is 18.9 Å². The van der Waals surface area contributed by atoms with Crippen molar-refractivity contribution in [3.05, 3.63) is 29.2 Å². The van der Waals surface area contributed by atoms with E-state index in [-0.39, 0.29) is 23.9 Å². The number of nitrogens with zero attached hydrogens (tertiary/aromatic N) is 5. The van der Waals surface area contributed by atoms with Gasteiger partial charge in [0.15, 0.2) is 11.5 Å². The second-order valence-electron chi connectivity index (χ2n) is 8.91. The lowest BCUT2D eigenvalue weighted by Gasteiger charge is -2.38. The number of amides is 1. The second-order valence-corrected chi connectivity index (χ2v) is 8.91. The van der Waals surface area contributed by atoms with Crippen LogP contribution in [-0.2, 0) is 17.4 Å². The molecule has 2 aromatic rings. The van der Waals surface area contributed by atoms with E-state index in [1.54, 1.807) is 0 Å². The van der Waals surface area contributed by atoms with Crippen LogP contribution in [0, 0.1) is 18.8 Å². The van der Waals surface area contributed by atoms with E-state index in [4.69, 9.17) is 0 Å². The van der Waals surface area contributed by atoms with Crippen molar-refractivity contribution in [3.8, 4) is 0 Å². The SMILES string of the molecule is Cc1nc(NC2CC(Cc3ccc(C(F)(F)F)nn3)C2)nc2c1NC(=O)[C@H](C(C)C)N2C. The molecule has 4 rings (SSSR count). The van der Waals surface area contributed by atoms with Crippen molar-refractivity contribution < 1.29 is 18.0 Å². The normalized spacial score (nSPS) is 22.9.